The van der Waals surface area contributed by atoms with E-state index in [0.717, 1.165) is 54.5 Å². The molecule has 130 valence electrons. The van der Waals surface area contributed by atoms with Crippen molar-refractivity contribution in [2.75, 3.05) is 37.6 Å². The largest absolute Gasteiger partial charge is 0.353 e. The van der Waals surface area contributed by atoms with Crippen molar-refractivity contribution in [1.29, 1.82) is 0 Å². The van der Waals surface area contributed by atoms with Crippen molar-refractivity contribution in [3.8, 4) is 0 Å². The molecule has 0 N–H and O–H groups in total. The lowest BCUT2D eigenvalue weighted by Crippen LogP contribution is -2.48. The lowest BCUT2D eigenvalue weighted by molar-refractivity contribution is 0.242. The molecular weight excluding hydrogens is 336 g/mol. The Labute approximate surface area is 149 Å². The van der Waals surface area contributed by atoms with Gasteiger partial charge in [0, 0.05) is 38.8 Å². The summed E-state index contributed by atoms with van der Waals surface area (Å²) >= 11 is 1.65. The van der Waals surface area contributed by atoms with Crippen molar-refractivity contribution >= 4 is 27.4 Å². The fraction of sp³-hybridized carbons (Fsp3) is 0.412. The van der Waals surface area contributed by atoms with E-state index in [4.69, 9.17) is 0 Å². The van der Waals surface area contributed by atoms with Crippen molar-refractivity contribution in [2.45, 2.75) is 13.5 Å². The molecule has 1 aliphatic rings. The number of hydrogen-bond donors (Lipinski definition) is 0. The molecule has 4 rings (SSSR count). The van der Waals surface area contributed by atoms with Crippen LogP contribution in [0.3, 0.4) is 0 Å². The number of nitrogens with zero attached hydrogens (tertiary/aromatic N) is 6. The Balaban J connectivity index is 1.38. The number of hydrogen-bond acceptors (Lipinski definition) is 7. The van der Waals surface area contributed by atoms with Crippen LogP contribution in [0, 0.1) is 6.92 Å². The number of aryl methyl sites for hydroxylation is 1. The van der Waals surface area contributed by atoms with E-state index in [1.165, 1.54) is 0 Å². The third kappa shape index (κ3) is 3.40. The molecule has 25 heavy (non-hydrogen) atoms. The van der Waals surface area contributed by atoms with E-state index < -0.39 is 0 Å². The van der Waals surface area contributed by atoms with Crippen LogP contribution in [0.5, 0.6) is 0 Å². The van der Waals surface area contributed by atoms with Crippen LogP contribution in [0.25, 0.3) is 10.2 Å². The van der Waals surface area contributed by atoms with Crippen LogP contribution in [-0.4, -0.2) is 57.4 Å². The van der Waals surface area contributed by atoms with E-state index >= 15 is 0 Å². The Bertz CT molecular complexity index is 928. The smallest absolute Gasteiger partial charge is 0.266 e. The normalized spacial score (nSPS) is 15.8. The molecule has 0 amide bonds. The predicted molar refractivity (Wildman–Crippen MR) is 99.3 cm³/mol. The van der Waals surface area contributed by atoms with E-state index in [2.05, 4.69) is 36.3 Å². The molecule has 0 unspecified atom stereocenters. The minimum Gasteiger partial charge on any atom is -0.353 e. The van der Waals surface area contributed by atoms with Crippen LogP contribution in [-0.2, 0) is 6.54 Å². The van der Waals surface area contributed by atoms with Gasteiger partial charge in [-0.1, -0.05) is 0 Å². The van der Waals surface area contributed by atoms with Crippen molar-refractivity contribution in [1.82, 2.24) is 24.6 Å². The zero-order chi connectivity index (χ0) is 17.2. The SMILES string of the molecule is Cc1ccc(=O)n(CCN2CCN(c3ncnc4sccc34)CC2)n1. The van der Waals surface area contributed by atoms with Crippen molar-refractivity contribution in [2.24, 2.45) is 0 Å². The summed E-state index contributed by atoms with van der Waals surface area (Å²) in [5, 5.41) is 7.50. The molecule has 1 fully saturated rings. The monoisotopic (exact) mass is 356 g/mol. The third-order valence-electron chi connectivity index (χ3n) is 4.54. The molecule has 0 aromatic carbocycles. The van der Waals surface area contributed by atoms with Crippen LogP contribution in [0.1, 0.15) is 5.69 Å². The zero-order valence-corrected chi connectivity index (χ0v) is 14.9. The molecule has 0 radical (unpaired) electrons. The first-order chi connectivity index (χ1) is 12.2. The fourth-order valence-corrected chi connectivity index (χ4v) is 3.89. The Hall–Kier alpha value is -2.32. The molecule has 3 aromatic heterocycles. The summed E-state index contributed by atoms with van der Waals surface area (Å²) in [7, 11) is 0. The van der Waals surface area contributed by atoms with Gasteiger partial charge in [-0.15, -0.1) is 11.3 Å². The highest BCUT2D eigenvalue weighted by Crippen LogP contribution is 2.27. The van der Waals surface area contributed by atoms with Gasteiger partial charge in [-0.3, -0.25) is 9.69 Å². The Morgan fingerprint density at radius 2 is 1.92 bits per heavy atom. The molecule has 7 nitrogen and oxygen atoms in total. The second-order valence-corrected chi connectivity index (χ2v) is 7.10. The van der Waals surface area contributed by atoms with Crippen LogP contribution in [0.2, 0.25) is 0 Å². The van der Waals surface area contributed by atoms with Gasteiger partial charge in [0.1, 0.15) is 17.0 Å². The molecule has 1 saturated heterocycles. The lowest BCUT2D eigenvalue weighted by atomic mass is 10.2. The summed E-state index contributed by atoms with van der Waals surface area (Å²) in [4.78, 5) is 26.4. The van der Waals surface area contributed by atoms with Crippen molar-refractivity contribution < 1.29 is 0 Å². The molecule has 3 aromatic rings. The second-order valence-electron chi connectivity index (χ2n) is 6.20. The first-order valence-corrected chi connectivity index (χ1v) is 9.29. The topological polar surface area (TPSA) is 67.2 Å². The first kappa shape index (κ1) is 16.2. The van der Waals surface area contributed by atoms with Crippen molar-refractivity contribution in [3.63, 3.8) is 0 Å². The Morgan fingerprint density at radius 3 is 2.76 bits per heavy atom. The van der Waals surface area contributed by atoms with E-state index in [9.17, 15) is 4.79 Å². The van der Waals surface area contributed by atoms with Crippen LogP contribution >= 0.6 is 11.3 Å². The van der Waals surface area contributed by atoms with Crippen LogP contribution in [0.4, 0.5) is 5.82 Å². The maximum absolute atomic E-state index is 11.8. The summed E-state index contributed by atoms with van der Waals surface area (Å²) in [5.41, 5.74) is 0.832. The van der Waals surface area contributed by atoms with Gasteiger partial charge >= 0.3 is 0 Å². The average Bonchev–Trinajstić information content (AvgIpc) is 3.12. The van der Waals surface area contributed by atoms with E-state index in [1.807, 2.05) is 6.92 Å². The fourth-order valence-electron chi connectivity index (χ4n) is 3.16. The summed E-state index contributed by atoms with van der Waals surface area (Å²) in [6.07, 6.45) is 1.65. The summed E-state index contributed by atoms with van der Waals surface area (Å²) < 4.78 is 1.56. The number of fused-ring (bicyclic) bond motifs is 1. The highest BCUT2D eigenvalue weighted by Gasteiger charge is 2.20. The molecule has 4 heterocycles. The molecule has 1 aliphatic heterocycles. The van der Waals surface area contributed by atoms with Crippen LogP contribution in [0.15, 0.2) is 34.7 Å². The molecule has 8 heteroatoms. The van der Waals surface area contributed by atoms with Gasteiger partial charge in [0.25, 0.3) is 5.56 Å². The van der Waals surface area contributed by atoms with Gasteiger partial charge in [0.15, 0.2) is 0 Å². The molecule has 0 saturated carbocycles. The highest BCUT2D eigenvalue weighted by molar-refractivity contribution is 7.16. The number of aromatic nitrogens is 4. The van der Waals surface area contributed by atoms with Gasteiger partial charge in [-0.2, -0.15) is 5.10 Å². The minimum atomic E-state index is -0.0370. The molecular formula is C17H20N6OS. The molecule has 0 spiro atoms. The molecule has 0 atom stereocenters. The number of thiophene rings is 1. The molecule has 0 bridgehead atoms. The first-order valence-electron chi connectivity index (χ1n) is 8.41. The van der Waals surface area contributed by atoms with Gasteiger partial charge in [0.05, 0.1) is 17.6 Å². The van der Waals surface area contributed by atoms with Gasteiger partial charge < -0.3 is 4.90 Å². The predicted octanol–water partition coefficient (Wildman–Crippen LogP) is 1.38. The highest BCUT2D eigenvalue weighted by atomic mass is 32.1. The summed E-state index contributed by atoms with van der Waals surface area (Å²) in [6, 6.07) is 5.43. The summed E-state index contributed by atoms with van der Waals surface area (Å²) in [6.45, 7) is 7.13. The van der Waals surface area contributed by atoms with Gasteiger partial charge in [-0.25, -0.2) is 14.6 Å². The standard InChI is InChI=1S/C17H20N6OS/c1-13-2-3-15(24)23(20-13)10-7-21-5-8-22(9-6-21)16-14-4-11-25-17(14)19-12-18-16/h2-4,11-12H,5-10H2,1H3. The quantitative estimate of drug-likeness (QED) is 0.704. The average molecular weight is 356 g/mol. The number of rotatable bonds is 4. The number of anilines is 1. The lowest BCUT2D eigenvalue weighted by Gasteiger charge is -2.35. The maximum atomic E-state index is 11.8. The number of piperazine rings is 1. The van der Waals surface area contributed by atoms with E-state index in [1.54, 1.807) is 34.5 Å². The molecule has 0 aliphatic carbocycles. The van der Waals surface area contributed by atoms with Gasteiger partial charge in [-0.05, 0) is 24.4 Å². The minimum absolute atomic E-state index is 0.0370. The van der Waals surface area contributed by atoms with Crippen molar-refractivity contribution in [3.05, 3.63) is 46.0 Å². The Morgan fingerprint density at radius 1 is 1.08 bits per heavy atom. The van der Waals surface area contributed by atoms with E-state index in [-0.39, 0.29) is 5.56 Å². The third-order valence-corrected chi connectivity index (χ3v) is 5.36. The van der Waals surface area contributed by atoms with E-state index in [0.29, 0.717) is 6.54 Å². The second kappa shape index (κ2) is 6.89. The van der Waals surface area contributed by atoms with Gasteiger partial charge in [0.2, 0.25) is 0 Å². The zero-order valence-electron chi connectivity index (χ0n) is 14.1. The maximum Gasteiger partial charge on any atom is 0.266 e. The van der Waals surface area contributed by atoms with Crippen LogP contribution < -0.4 is 10.5 Å². The summed E-state index contributed by atoms with van der Waals surface area (Å²) in [5.74, 6) is 1.03. The Kier molecular flexibility index (Phi) is 4.46.